The number of thiophene rings is 1. The highest BCUT2D eigenvalue weighted by molar-refractivity contribution is 7.12. The molecule has 0 bridgehead atoms. The molecule has 24 heavy (non-hydrogen) atoms. The normalized spacial score (nSPS) is 14.4. The van der Waals surface area contributed by atoms with E-state index in [0.29, 0.717) is 19.7 Å². The molecule has 7 nitrogen and oxygen atoms in total. The number of amides is 1. The van der Waals surface area contributed by atoms with Gasteiger partial charge in [-0.2, -0.15) is 0 Å². The van der Waals surface area contributed by atoms with Crippen molar-refractivity contribution in [2.24, 2.45) is 0 Å². The molecule has 0 spiro atoms. The van der Waals surface area contributed by atoms with Gasteiger partial charge in [0, 0.05) is 25.5 Å². The summed E-state index contributed by atoms with van der Waals surface area (Å²) in [5, 5.41) is 10.2. The Bertz CT molecular complexity index is 812. The first-order valence-electron chi connectivity index (χ1n) is 7.56. The smallest absolute Gasteiger partial charge is 0.264 e. The summed E-state index contributed by atoms with van der Waals surface area (Å²) in [4.78, 5) is 18.7. The number of carbonyl (C=O) groups is 1. The highest BCUT2D eigenvalue weighted by Gasteiger charge is 2.33. The van der Waals surface area contributed by atoms with E-state index in [0.717, 1.165) is 16.3 Å². The lowest BCUT2D eigenvalue weighted by atomic mass is 10.1. The summed E-state index contributed by atoms with van der Waals surface area (Å²) in [7, 11) is 0. The minimum atomic E-state index is 0.0857. The average Bonchev–Trinajstić information content (AvgIpc) is 3.24. The van der Waals surface area contributed by atoms with Gasteiger partial charge in [-0.1, -0.05) is 11.3 Å². The van der Waals surface area contributed by atoms with E-state index in [2.05, 4.69) is 15.3 Å². The number of aromatic nitrogens is 4. The maximum absolute atomic E-state index is 12.2. The van der Waals surface area contributed by atoms with Crippen molar-refractivity contribution in [3.8, 4) is 5.75 Å². The maximum Gasteiger partial charge on any atom is 0.264 e. The Morgan fingerprint density at radius 3 is 2.88 bits per heavy atom. The van der Waals surface area contributed by atoms with Crippen LogP contribution in [0.25, 0.3) is 0 Å². The summed E-state index contributed by atoms with van der Waals surface area (Å²) in [5.41, 5.74) is 0.759. The second-order valence-corrected chi connectivity index (χ2v) is 6.45. The molecule has 0 N–H and O–H groups in total. The van der Waals surface area contributed by atoms with Crippen molar-refractivity contribution in [1.82, 2.24) is 24.9 Å². The molecule has 0 radical (unpaired) electrons. The largest absolute Gasteiger partial charge is 0.487 e. The Kier molecular flexibility index (Phi) is 3.96. The van der Waals surface area contributed by atoms with E-state index in [-0.39, 0.29) is 11.9 Å². The van der Waals surface area contributed by atoms with Gasteiger partial charge in [-0.25, -0.2) is 4.68 Å². The molecule has 1 amide bonds. The van der Waals surface area contributed by atoms with Crippen LogP contribution in [0.3, 0.4) is 0 Å². The number of carbonyl (C=O) groups excluding carboxylic acids is 1. The number of ether oxygens (including phenoxy) is 1. The van der Waals surface area contributed by atoms with Crippen molar-refractivity contribution >= 4 is 17.2 Å². The Hall–Kier alpha value is -2.74. The van der Waals surface area contributed by atoms with Crippen LogP contribution in [-0.4, -0.2) is 43.9 Å². The molecule has 0 unspecified atom stereocenters. The van der Waals surface area contributed by atoms with E-state index in [1.165, 1.54) is 11.3 Å². The zero-order valence-electron chi connectivity index (χ0n) is 12.8. The SMILES string of the molecule is O=C(c1cccs1)N1CC(n2cc(COc3ccncc3)nn2)C1. The van der Waals surface area contributed by atoms with Crippen LogP contribution in [-0.2, 0) is 6.61 Å². The molecule has 0 aliphatic carbocycles. The molecule has 0 saturated carbocycles. The summed E-state index contributed by atoms with van der Waals surface area (Å²) in [5.74, 6) is 0.832. The summed E-state index contributed by atoms with van der Waals surface area (Å²) >= 11 is 1.47. The Balaban J connectivity index is 1.31. The van der Waals surface area contributed by atoms with Crippen LogP contribution in [0.15, 0.2) is 48.2 Å². The van der Waals surface area contributed by atoms with Crippen molar-refractivity contribution in [3.05, 3.63) is 58.8 Å². The van der Waals surface area contributed by atoms with E-state index >= 15 is 0 Å². The molecule has 8 heteroatoms. The van der Waals surface area contributed by atoms with Crippen LogP contribution < -0.4 is 4.74 Å². The maximum atomic E-state index is 12.2. The van der Waals surface area contributed by atoms with Gasteiger partial charge in [-0.05, 0) is 23.6 Å². The van der Waals surface area contributed by atoms with E-state index < -0.39 is 0 Å². The van der Waals surface area contributed by atoms with Crippen molar-refractivity contribution in [2.45, 2.75) is 12.6 Å². The van der Waals surface area contributed by atoms with Gasteiger partial charge in [0.25, 0.3) is 5.91 Å². The van der Waals surface area contributed by atoms with Crippen molar-refractivity contribution in [3.63, 3.8) is 0 Å². The topological polar surface area (TPSA) is 73.1 Å². The molecule has 3 aromatic rings. The lowest BCUT2D eigenvalue weighted by Crippen LogP contribution is -2.50. The fourth-order valence-electron chi connectivity index (χ4n) is 2.49. The number of likely N-dealkylation sites (tertiary alicyclic amines) is 1. The van der Waals surface area contributed by atoms with Gasteiger partial charge in [0.15, 0.2) is 0 Å². The van der Waals surface area contributed by atoms with E-state index in [1.807, 2.05) is 33.3 Å². The van der Waals surface area contributed by atoms with E-state index in [1.54, 1.807) is 24.5 Å². The minimum absolute atomic E-state index is 0.0857. The number of hydrogen-bond donors (Lipinski definition) is 0. The predicted molar refractivity (Wildman–Crippen MR) is 87.9 cm³/mol. The molecule has 1 aliphatic heterocycles. The van der Waals surface area contributed by atoms with Crippen LogP contribution >= 0.6 is 11.3 Å². The van der Waals surface area contributed by atoms with Gasteiger partial charge in [-0.15, -0.1) is 16.4 Å². The molecule has 4 rings (SSSR count). The summed E-state index contributed by atoms with van der Waals surface area (Å²) in [6.07, 6.45) is 5.23. The van der Waals surface area contributed by atoms with Crippen LogP contribution in [0.1, 0.15) is 21.4 Å². The standard InChI is InChI=1S/C16H15N5O2S/c22-16(15-2-1-7-24-15)20-9-13(10-20)21-8-12(18-19-21)11-23-14-3-5-17-6-4-14/h1-8,13H,9-11H2. The Morgan fingerprint density at radius 2 is 2.12 bits per heavy atom. The monoisotopic (exact) mass is 341 g/mol. The van der Waals surface area contributed by atoms with Gasteiger partial charge < -0.3 is 9.64 Å². The number of nitrogens with zero attached hydrogens (tertiary/aromatic N) is 5. The fraction of sp³-hybridized carbons (Fsp3) is 0.250. The number of hydrogen-bond acceptors (Lipinski definition) is 6. The van der Waals surface area contributed by atoms with Gasteiger partial charge in [-0.3, -0.25) is 9.78 Å². The predicted octanol–water partition coefficient (Wildman–Crippen LogP) is 2.01. The second-order valence-electron chi connectivity index (χ2n) is 5.50. The lowest BCUT2D eigenvalue weighted by molar-refractivity contribution is 0.0503. The molecule has 0 atom stereocenters. The van der Waals surface area contributed by atoms with Crippen LogP contribution in [0.4, 0.5) is 0 Å². The first kappa shape index (κ1) is 14.8. The second kappa shape index (κ2) is 6.40. The summed E-state index contributed by atoms with van der Waals surface area (Å²) < 4.78 is 7.44. The summed E-state index contributed by atoms with van der Waals surface area (Å²) in [6, 6.07) is 7.51. The van der Waals surface area contributed by atoms with E-state index in [4.69, 9.17) is 4.74 Å². The minimum Gasteiger partial charge on any atom is -0.487 e. The molecule has 1 saturated heterocycles. The zero-order chi connectivity index (χ0) is 16.4. The highest BCUT2D eigenvalue weighted by atomic mass is 32.1. The molecule has 122 valence electrons. The molecular formula is C16H15N5O2S. The Morgan fingerprint density at radius 1 is 1.29 bits per heavy atom. The van der Waals surface area contributed by atoms with Gasteiger partial charge in [0.2, 0.25) is 0 Å². The van der Waals surface area contributed by atoms with Crippen LogP contribution in [0.2, 0.25) is 0 Å². The molecule has 1 fully saturated rings. The fourth-order valence-corrected chi connectivity index (χ4v) is 3.19. The third-order valence-corrected chi connectivity index (χ3v) is 4.71. The quantitative estimate of drug-likeness (QED) is 0.710. The molecule has 4 heterocycles. The van der Waals surface area contributed by atoms with Crippen molar-refractivity contribution < 1.29 is 9.53 Å². The van der Waals surface area contributed by atoms with Crippen LogP contribution in [0, 0.1) is 0 Å². The first-order valence-corrected chi connectivity index (χ1v) is 8.44. The van der Waals surface area contributed by atoms with Crippen molar-refractivity contribution in [1.29, 1.82) is 0 Å². The number of pyridine rings is 1. The lowest BCUT2D eigenvalue weighted by Gasteiger charge is -2.38. The molecule has 0 aromatic carbocycles. The first-order chi connectivity index (χ1) is 11.8. The summed E-state index contributed by atoms with van der Waals surface area (Å²) in [6.45, 7) is 1.67. The van der Waals surface area contributed by atoms with Gasteiger partial charge in [0.05, 0.1) is 17.1 Å². The molecule has 1 aliphatic rings. The molecule has 3 aromatic heterocycles. The number of rotatable bonds is 5. The Labute approximate surface area is 142 Å². The molecular weight excluding hydrogens is 326 g/mol. The average molecular weight is 341 g/mol. The van der Waals surface area contributed by atoms with Gasteiger partial charge in [0.1, 0.15) is 18.1 Å². The van der Waals surface area contributed by atoms with E-state index in [9.17, 15) is 4.79 Å². The third-order valence-electron chi connectivity index (χ3n) is 3.85. The zero-order valence-corrected chi connectivity index (χ0v) is 13.6. The van der Waals surface area contributed by atoms with Crippen molar-refractivity contribution in [2.75, 3.05) is 13.1 Å². The van der Waals surface area contributed by atoms with Gasteiger partial charge >= 0.3 is 0 Å². The highest BCUT2D eigenvalue weighted by Crippen LogP contribution is 2.24. The van der Waals surface area contributed by atoms with Crippen LogP contribution in [0.5, 0.6) is 5.75 Å². The third kappa shape index (κ3) is 3.00.